The highest BCUT2D eigenvalue weighted by Crippen LogP contribution is 2.23. The Bertz CT molecular complexity index is 822. The van der Waals surface area contributed by atoms with Gasteiger partial charge < -0.3 is 10.6 Å². The zero-order valence-electron chi connectivity index (χ0n) is 11.9. The van der Waals surface area contributed by atoms with Crippen LogP contribution in [0.2, 0.25) is 0 Å². The van der Waals surface area contributed by atoms with E-state index < -0.39 is 10.8 Å². The fraction of sp³-hybridized carbons (Fsp3) is 0.0714. The Morgan fingerprint density at radius 1 is 1.48 bits per heavy atom. The molecule has 2 aromatic rings. The number of nitrogens with zero attached hydrogens (tertiary/aromatic N) is 3. The number of carbonyl (C=O) groups is 1. The Hall–Kier alpha value is -3.25. The molecule has 1 aromatic carbocycles. The van der Waals surface area contributed by atoms with E-state index in [1.54, 1.807) is 12.1 Å². The molecule has 0 radical (unpaired) electrons. The maximum Gasteiger partial charge on any atom is 0.292 e. The van der Waals surface area contributed by atoms with Crippen molar-refractivity contribution in [1.29, 1.82) is 5.26 Å². The van der Waals surface area contributed by atoms with Crippen LogP contribution in [0.1, 0.15) is 5.69 Å². The van der Waals surface area contributed by atoms with Crippen LogP contribution in [0.25, 0.3) is 0 Å². The van der Waals surface area contributed by atoms with Crippen LogP contribution in [0.4, 0.5) is 16.5 Å². The van der Waals surface area contributed by atoms with E-state index in [9.17, 15) is 14.9 Å². The molecule has 0 aliphatic carbocycles. The molecule has 1 aromatic heterocycles. The molecule has 23 heavy (non-hydrogen) atoms. The molecular weight excluding hydrogens is 318 g/mol. The number of thiazole rings is 1. The lowest BCUT2D eigenvalue weighted by Gasteiger charge is -2.05. The van der Waals surface area contributed by atoms with Crippen molar-refractivity contribution in [2.24, 2.45) is 0 Å². The van der Waals surface area contributed by atoms with Crippen LogP contribution in [-0.4, -0.2) is 15.8 Å². The largest absolute Gasteiger partial charge is 0.337 e. The third-order valence-corrected chi connectivity index (χ3v) is 3.56. The minimum atomic E-state index is -0.748. The van der Waals surface area contributed by atoms with Gasteiger partial charge in [-0.05, 0) is 13.0 Å². The van der Waals surface area contributed by atoms with Crippen molar-refractivity contribution in [2.45, 2.75) is 6.92 Å². The predicted molar refractivity (Wildman–Crippen MR) is 85.9 cm³/mol. The summed E-state index contributed by atoms with van der Waals surface area (Å²) in [5.74, 6) is -0.748. The lowest BCUT2D eigenvalue weighted by molar-refractivity contribution is -0.383. The molecule has 0 fully saturated rings. The summed E-state index contributed by atoms with van der Waals surface area (Å²) in [7, 11) is 0. The topological polar surface area (TPSA) is 121 Å². The lowest BCUT2D eigenvalue weighted by atomic mass is 10.2. The van der Waals surface area contributed by atoms with E-state index in [2.05, 4.69) is 15.6 Å². The average Bonchev–Trinajstić information content (AvgIpc) is 2.93. The summed E-state index contributed by atoms with van der Waals surface area (Å²) in [6.45, 7) is 1.82. The van der Waals surface area contributed by atoms with Gasteiger partial charge in [0.05, 0.1) is 10.6 Å². The van der Waals surface area contributed by atoms with Gasteiger partial charge >= 0.3 is 0 Å². The van der Waals surface area contributed by atoms with Crippen LogP contribution in [0, 0.1) is 28.4 Å². The smallest absolute Gasteiger partial charge is 0.292 e. The van der Waals surface area contributed by atoms with Gasteiger partial charge in [0.1, 0.15) is 17.3 Å². The van der Waals surface area contributed by atoms with Gasteiger partial charge in [-0.15, -0.1) is 11.3 Å². The van der Waals surface area contributed by atoms with Crippen LogP contribution < -0.4 is 10.6 Å². The van der Waals surface area contributed by atoms with Crippen molar-refractivity contribution < 1.29 is 9.72 Å². The van der Waals surface area contributed by atoms with Gasteiger partial charge in [0.2, 0.25) is 0 Å². The molecule has 0 spiro atoms. The minimum Gasteiger partial charge on any atom is -0.337 e. The number of nitriles is 1. The SMILES string of the molecule is Cc1csc(N/C=C(/C#N)C(=O)Nc2ccccc2[N+](=O)[O-])n1. The average molecular weight is 329 g/mol. The fourth-order valence-electron chi connectivity index (χ4n) is 1.63. The Balaban J connectivity index is 2.15. The quantitative estimate of drug-likeness (QED) is 0.376. The molecule has 116 valence electrons. The first-order valence-electron chi connectivity index (χ1n) is 6.35. The summed E-state index contributed by atoms with van der Waals surface area (Å²) in [5, 5.41) is 27.4. The lowest BCUT2D eigenvalue weighted by Crippen LogP contribution is -2.15. The van der Waals surface area contributed by atoms with Gasteiger partial charge in [-0.25, -0.2) is 4.98 Å². The molecule has 0 bridgehead atoms. The Kier molecular flexibility index (Phi) is 5.01. The van der Waals surface area contributed by atoms with E-state index in [1.165, 1.54) is 35.7 Å². The normalized spacial score (nSPS) is 10.7. The van der Waals surface area contributed by atoms with Crippen LogP contribution >= 0.6 is 11.3 Å². The van der Waals surface area contributed by atoms with Gasteiger partial charge in [-0.2, -0.15) is 5.26 Å². The van der Waals surface area contributed by atoms with Crippen molar-refractivity contribution in [3.8, 4) is 6.07 Å². The van der Waals surface area contributed by atoms with Crippen LogP contribution in [0.3, 0.4) is 0 Å². The van der Waals surface area contributed by atoms with E-state index in [4.69, 9.17) is 5.26 Å². The molecule has 0 atom stereocenters. The molecular formula is C14H11N5O3S. The summed E-state index contributed by atoms with van der Waals surface area (Å²) in [6, 6.07) is 7.44. The summed E-state index contributed by atoms with van der Waals surface area (Å²) in [6.07, 6.45) is 1.21. The fourth-order valence-corrected chi connectivity index (χ4v) is 2.29. The number of benzene rings is 1. The first-order chi connectivity index (χ1) is 11.0. The molecule has 2 N–H and O–H groups in total. The summed E-state index contributed by atoms with van der Waals surface area (Å²) < 4.78 is 0. The van der Waals surface area contributed by atoms with E-state index in [-0.39, 0.29) is 16.9 Å². The van der Waals surface area contributed by atoms with Crippen LogP contribution in [0.15, 0.2) is 41.4 Å². The van der Waals surface area contributed by atoms with E-state index in [1.807, 2.05) is 12.3 Å². The van der Waals surface area contributed by atoms with Gasteiger partial charge in [-0.1, -0.05) is 12.1 Å². The molecule has 0 saturated heterocycles. The number of carbonyl (C=O) groups excluding carboxylic acids is 1. The number of aryl methyl sites for hydroxylation is 1. The van der Waals surface area contributed by atoms with Crippen LogP contribution in [-0.2, 0) is 4.79 Å². The predicted octanol–water partition coefficient (Wildman–Crippen LogP) is 2.82. The first kappa shape index (κ1) is 16.1. The highest BCUT2D eigenvalue weighted by molar-refractivity contribution is 7.13. The number of anilines is 2. The summed E-state index contributed by atoms with van der Waals surface area (Å²) in [4.78, 5) is 26.5. The number of nitro groups is 1. The molecule has 8 nitrogen and oxygen atoms in total. The van der Waals surface area contributed by atoms with E-state index in [0.29, 0.717) is 5.13 Å². The van der Waals surface area contributed by atoms with Crippen LogP contribution in [0.5, 0.6) is 0 Å². The number of rotatable bonds is 5. The maximum atomic E-state index is 12.1. The molecule has 0 aliphatic rings. The minimum absolute atomic E-state index is 0.0220. The van der Waals surface area contributed by atoms with E-state index in [0.717, 1.165) is 5.69 Å². The van der Waals surface area contributed by atoms with E-state index >= 15 is 0 Å². The number of hydrogen-bond acceptors (Lipinski definition) is 7. The number of amides is 1. The van der Waals surface area contributed by atoms with Crippen molar-refractivity contribution in [3.05, 3.63) is 57.2 Å². The molecule has 1 amide bonds. The molecule has 2 rings (SSSR count). The Morgan fingerprint density at radius 3 is 2.83 bits per heavy atom. The van der Waals surface area contributed by atoms with Gasteiger partial charge in [-0.3, -0.25) is 14.9 Å². The van der Waals surface area contributed by atoms with Gasteiger partial charge in [0.15, 0.2) is 5.13 Å². The Morgan fingerprint density at radius 2 is 2.22 bits per heavy atom. The zero-order chi connectivity index (χ0) is 16.8. The van der Waals surface area contributed by atoms with Crippen molar-refractivity contribution in [3.63, 3.8) is 0 Å². The molecule has 0 unspecified atom stereocenters. The zero-order valence-corrected chi connectivity index (χ0v) is 12.8. The highest BCUT2D eigenvalue weighted by atomic mass is 32.1. The highest BCUT2D eigenvalue weighted by Gasteiger charge is 2.17. The molecule has 9 heteroatoms. The number of para-hydroxylation sites is 2. The third-order valence-electron chi connectivity index (χ3n) is 2.67. The maximum absolute atomic E-state index is 12.1. The molecule has 0 saturated carbocycles. The second-order valence-corrected chi connectivity index (χ2v) is 5.19. The number of nitrogens with one attached hydrogen (secondary N) is 2. The molecule has 0 aliphatic heterocycles. The number of aromatic nitrogens is 1. The molecule has 1 heterocycles. The first-order valence-corrected chi connectivity index (χ1v) is 7.23. The summed E-state index contributed by atoms with van der Waals surface area (Å²) in [5.41, 5.74) is 0.361. The van der Waals surface area contributed by atoms with Crippen molar-refractivity contribution in [1.82, 2.24) is 4.98 Å². The number of hydrogen-bond donors (Lipinski definition) is 2. The van der Waals surface area contributed by atoms with Gasteiger partial charge in [0, 0.05) is 17.6 Å². The Labute approximate surface area is 135 Å². The second-order valence-electron chi connectivity index (χ2n) is 4.34. The second kappa shape index (κ2) is 7.15. The monoisotopic (exact) mass is 329 g/mol. The standard InChI is InChI=1S/C14H11N5O3S/c1-9-8-23-14(17-9)16-7-10(6-15)13(20)18-11-4-2-3-5-12(11)19(21)22/h2-5,7-8H,1H3,(H,16,17)(H,18,20)/b10-7-. The van der Waals surface area contributed by atoms with Crippen molar-refractivity contribution in [2.75, 3.05) is 10.6 Å². The van der Waals surface area contributed by atoms with Crippen molar-refractivity contribution >= 4 is 33.8 Å². The number of nitro benzene ring substituents is 1. The third kappa shape index (κ3) is 4.12. The summed E-state index contributed by atoms with van der Waals surface area (Å²) >= 11 is 1.33. The van der Waals surface area contributed by atoms with Gasteiger partial charge in [0.25, 0.3) is 11.6 Å².